The number of benzene rings is 1. The van der Waals surface area contributed by atoms with Crippen LogP contribution in [0.3, 0.4) is 0 Å². The number of rotatable bonds is 2. The number of carboxylic acid groups (broad SMARTS) is 1. The maximum absolute atomic E-state index is 10.7. The van der Waals surface area contributed by atoms with Crippen molar-refractivity contribution in [1.82, 2.24) is 15.0 Å². The molecular weight excluding hydrogens is 182 g/mol. The molecule has 0 radical (unpaired) electrons. The van der Waals surface area contributed by atoms with Crippen LogP contribution in [0.4, 0.5) is 0 Å². The summed E-state index contributed by atoms with van der Waals surface area (Å²) in [6.45, 7) is 3.41. The molecule has 1 aromatic carbocycles. The van der Waals surface area contributed by atoms with E-state index in [0.29, 0.717) is 11.0 Å². The van der Waals surface area contributed by atoms with Crippen molar-refractivity contribution in [3.05, 3.63) is 30.8 Å². The first kappa shape index (κ1) is 8.43. The summed E-state index contributed by atoms with van der Waals surface area (Å²) in [7, 11) is 0. The molecule has 0 amide bonds. The number of para-hydroxylation sites is 1. The maximum Gasteiger partial charge on any atom is 0.354 e. The van der Waals surface area contributed by atoms with Crippen molar-refractivity contribution >= 4 is 22.7 Å². The second-order valence-corrected chi connectivity index (χ2v) is 2.74. The largest absolute Gasteiger partial charge is 0.477 e. The van der Waals surface area contributed by atoms with E-state index in [-0.39, 0.29) is 5.70 Å². The van der Waals surface area contributed by atoms with Crippen molar-refractivity contribution in [3.8, 4) is 0 Å². The minimum Gasteiger partial charge on any atom is -0.477 e. The summed E-state index contributed by atoms with van der Waals surface area (Å²) in [5.74, 6) is -1.11. The zero-order valence-corrected chi connectivity index (χ0v) is 7.21. The van der Waals surface area contributed by atoms with E-state index in [1.165, 1.54) is 4.68 Å². The summed E-state index contributed by atoms with van der Waals surface area (Å²) >= 11 is 0. The van der Waals surface area contributed by atoms with Crippen molar-refractivity contribution in [2.75, 3.05) is 0 Å². The summed E-state index contributed by atoms with van der Waals surface area (Å²) in [6.07, 6.45) is 0. The minimum absolute atomic E-state index is 0.112. The van der Waals surface area contributed by atoms with Crippen LogP contribution in [0.2, 0.25) is 0 Å². The van der Waals surface area contributed by atoms with E-state index in [9.17, 15) is 4.79 Å². The van der Waals surface area contributed by atoms with E-state index < -0.39 is 5.97 Å². The summed E-state index contributed by atoms with van der Waals surface area (Å²) in [5, 5.41) is 16.2. The number of aromatic nitrogens is 3. The van der Waals surface area contributed by atoms with E-state index in [1.807, 2.05) is 6.07 Å². The molecule has 1 heterocycles. The summed E-state index contributed by atoms with van der Waals surface area (Å²) in [4.78, 5) is 10.7. The van der Waals surface area contributed by atoms with Gasteiger partial charge < -0.3 is 5.11 Å². The van der Waals surface area contributed by atoms with Gasteiger partial charge >= 0.3 is 5.97 Å². The van der Waals surface area contributed by atoms with Gasteiger partial charge in [-0.1, -0.05) is 23.9 Å². The smallest absolute Gasteiger partial charge is 0.354 e. The number of nitrogens with zero attached hydrogens (tertiary/aromatic N) is 3. The standard InChI is InChI=1S/C9H7N3O2/c1-6(9(13)14)12-8-5-3-2-4-7(8)10-11-12/h2-5H,1H2,(H,13,14). The van der Waals surface area contributed by atoms with Crippen molar-refractivity contribution in [1.29, 1.82) is 0 Å². The Labute approximate surface area is 79.3 Å². The molecule has 1 N–H and O–H groups in total. The third-order valence-corrected chi connectivity index (χ3v) is 1.85. The van der Waals surface area contributed by atoms with Crippen LogP contribution in [0.1, 0.15) is 0 Å². The van der Waals surface area contributed by atoms with Gasteiger partial charge in [0.15, 0.2) is 0 Å². The summed E-state index contributed by atoms with van der Waals surface area (Å²) < 4.78 is 1.21. The monoisotopic (exact) mass is 189 g/mol. The van der Waals surface area contributed by atoms with Gasteiger partial charge in [0.05, 0.1) is 5.52 Å². The molecule has 5 heteroatoms. The second kappa shape index (κ2) is 2.95. The molecule has 0 atom stereocenters. The van der Waals surface area contributed by atoms with Gasteiger partial charge in [-0.3, -0.25) is 0 Å². The van der Waals surface area contributed by atoms with Crippen LogP contribution in [0.25, 0.3) is 16.7 Å². The summed E-state index contributed by atoms with van der Waals surface area (Å²) in [6, 6.07) is 7.10. The third kappa shape index (κ3) is 1.15. The van der Waals surface area contributed by atoms with E-state index in [0.717, 1.165) is 0 Å². The number of aliphatic carboxylic acids is 1. The average molecular weight is 189 g/mol. The number of fused-ring (bicyclic) bond motifs is 1. The van der Waals surface area contributed by atoms with Crippen LogP contribution in [-0.4, -0.2) is 26.1 Å². The number of carbonyl (C=O) groups is 1. The molecule has 0 aliphatic rings. The highest BCUT2D eigenvalue weighted by Crippen LogP contribution is 2.13. The number of carboxylic acids is 1. The Morgan fingerprint density at radius 3 is 2.86 bits per heavy atom. The van der Waals surface area contributed by atoms with Gasteiger partial charge in [0.25, 0.3) is 0 Å². The molecule has 14 heavy (non-hydrogen) atoms. The first-order valence-corrected chi connectivity index (χ1v) is 3.93. The molecule has 0 aliphatic heterocycles. The van der Waals surface area contributed by atoms with Crippen molar-refractivity contribution in [2.45, 2.75) is 0 Å². The van der Waals surface area contributed by atoms with E-state index >= 15 is 0 Å². The molecule has 0 spiro atoms. The Morgan fingerprint density at radius 2 is 2.14 bits per heavy atom. The predicted molar refractivity (Wildman–Crippen MR) is 50.5 cm³/mol. The van der Waals surface area contributed by atoms with Gasteiger partial charge in [0.1, 0.15) is 11.2 Å². The fourth-order valence-corrected chi connectivity index (χ4v) is 1.16. The maximum atomic E-state index is 10.7. The van der Waals surface area contributed by atoms with Crippen LogP contribution in [0.15, 0.2) is 30.8 Å². The minimum atomic E-state index is -1.11. The summed E-state index contributed by atoms with van der Waals surface area (Å²) in [5.41, 5.74) is 1.17. The van der Waals surface area contributed by atoms with Crippen molar-refractivity contribution in [2.24, 2.45) is 0 Å². The van der Waals surface area contributed by atoms with Crippen molar-refractivity contribution in [3.63, 3.8) is 0 Å². The lowest BCUT2D eigenvalue weighted by atomic mass is 10.3. The lowest BCUT2D eigenvalue weighted by Crippen LogP contribution is -2.07. The van der Waals surface area contributed by atoms with Crippen molar-refractivity contribution < 1.29 is 9.90 Å². The number of hydrogen-bond donors (Lipinski definition) is 1. The van der Waals surface area contributed by atoms with E-state index in [1.54, 1.807) is 18.2 Å². The van der Waals surface area contributed by atoms with Crippen LogP contribution in [0, 0.1) is 0 Å². The van der Waals surface area contributed by atoms with Gasteiger partial charge in [-0.25, -0.2) is 9.48 Å². The Kier molecular flexibility index (Phi) is 1.78. The molecule has 0 aliphatic carbocycles. The zero-order chi connectivity index (χ0) is 10.1. The average Bonchev–Trinajstić information content (AvgIpc) is 2.60. The van der Waals surface area contributed by atoms with Crippen LogP contribution in [0.5, 0.6) is 0 Å². The molecule has 0 bridgehead atoms. The molecule has 2 aromatic rings. The van der Waals surface area contributed by atoms with Gasteiger partial charge in [-0.15, -0.1) is 5.10 Å². The highest BCUT2D eigenvalue weighted by Gasteiger charge is 2.11. The molecular formula is C9H7N3O2. The Morgan fingerprint density at radius 1 is 1.43 bits per heavy atom. The molecule has 0 fully saturated rings. The Bertz CT molecular complexity index is 516. The topological polar surface area (TPSA) is 68.0 Å². The van der Waals surface area contributed by atoms with E-state index in [2.05, 4.69) is 16.9 Å². The quantitative estimate of drug-likeness (QED) is 0.715. The van der Waals surface area contributed by atoms with Crippen LogP contribution < -0.4 is 0 Å². The van der Waals surface area contributed by atoms with Gasteiger partial charge in [0, 0.05) is 0 Å². The Balaban J connectivity index is 2.64. The van der Waals surface area contributed by atoms with E-state index in [4.69, 9.17) is 5.11 Å². The first-order chi connectivity index (χ1) is 6.70. The fraction of sp³-hybridized carbons (Fsp3) is 0. The first-order valence-electron chi connectivity index (χ1n) is 3.93. The molecule has 0 saturated heterocycles. The lowest BCUT2D eigenvalue weighted by Gasteiger charge is -1.98. The van der Waals surface area contributed by atoms with Gasteiger partial charge in [0.2, 0.25) is 0 Å². The zero-order valence-electron chi connectivity index (χ0n) is 7.21. The highest BCUT2D eigenvalue weighted by molar-refractivity contribution is 6.09. The molecule has 1 aromatic heterocycles. The third-order valence-electron chi connectivity index (χ3n) is 1.85. The molecule has 5 nitrogen and oxygen atoms in total. The molecule has 0 unspecified atom stereocenters. The second-order valence-electron chi connectivity index (χ2n) is 2.74. The molecule has 70 valence electrons. The predicted octanol–water partition coefficient (Wildman–Crippen LogP) is 0.987. The Hall–Kier alpha value is -2.17. The molecule has 0 saturated carbocycles. The van der Waals surface area contributed by atoms with Crippen LogP contribution in [-0.2, 0) is 4.79 Å². The normalized spacial score (nSPS) is 10.3. The van der Waals surface area contributed by atoms with Gasteiger partial charge in [-0.2, -0.15) is 0 Å². The highest BCUT2D eigenvalue weighted by atomic mass is 16.4. The SMILES string of the molecule is C=C(C(=O)O)n1nnc2ccccc21. The van der Waals surface area contributed by atoms with Crippen LogP contribution >= 0.6 is 0 Å². The number of hydrogen-bond acceptors (Lipinski definition) is 3. The lowest BCUT2D eigenvalue weighted by molar-refractivity contribution is -0.130. The fourth-order valence-electron chi connectivity index (χ4n) is 1.16. The molecule has 2 rings (SSSR count). The van der Waals surface area contributed by atoms with Gasteiger partial charge in [-0.05, 0) is 12.1 Å².